The van der Waals surface area contributed by atoms with Crippen molar-refractivity contribution in [2.24, 2.45) is 0 Å². The monoisotopic (exact) mass is 326 g/mol. The molecule has 0 bridgehead atoms. The number of hydrogen-bond acceptors (Lipinski definition) is 4. The summed E-state index contributed by atoms with van der Waals surface area (Å²) in [5.74, 6) is 1.09. The Hall–Kier alpha value is -0.550. The second-order valence-corrected chi connectivity index (χ2v) is 7.58. The molecule has 0 unspecified atom stereocenters. The summed E-state index contributed by atoms with van der Waals surface area (Å²) < 4.78 is 0. The minimum Gasteiger partial charge on any atom is -0.301 e. The van der Waals surface area contributed by atoms with E-state index in [9.17, 15) is 0 Å². The van der Waals surface area contributed by atoms with E-state index in [2.05, 4.69) is 29.9 Å². The highest BCUT2D eigenvalue weighted by molar-refractivity contribution is 7.99. The van der Waals surface area contributed by atoms with Crippen LogP contribution in [0, 0.1) is 6.92 Å². The Bertz CT molecular complexity index is 542. The largest absolute Gasteiger partial charge is 0.301 e. The van der Waals surface area contributed by atoms with Crippen molar-refractivity contribution < 1.29 is 0 Å². The highest BCUT2D eigenvalue weighted by atomic mass is 35.5. The maximum atomic E-state index is 6.14. The molecule has 1 aromatic carbocycles. The predicted octanol–water partition coefficient (Wildman–Crippen LogP) is 4.72. The lowest BCUT2D eigenvalue weighted by Crippen LogP contribution is -2.18. The van der Waals surface area contributed by atoms with Crippen LogP contribution < -0.4 is 0 Å². The lowest BCUT2D eigenvalue weighted by molar-refractivity contribution is 0.331. The van der Waals surface area contributed by atoms with Gasteiger partial charge in [-0.3, -0.25) is 0 Å². The van der Waals surface area contributed by atoms with Crippen LogP contribution in [0.15, 0.2) is 35.4 Å². The molecule has 0 N–H and O–H groups in total. The average Bonchev–Trinajstić information content (AvgIpc) is 2.82. The molecule has 108 valence electrons. The van der Waals surface area contributed by atoms with E-state index < -0.39 is 0 Å². The molecule has 2 nitrogen and oxygen atoms in total. The van der Waals surface area contributed by atoms with E-state index in [4.69, 9.17) is 11.6 Å². The average molecular weight is 327 g/mol. The van der Waals surface area contributed by atoms with Gasteiger partial charge in [0.05, 0.1) is 10.0 Å². The van der Waals surface area contributed by atoms with Crippen LogP contribution in [0.2, 0.25) is 5.02 Å². The van der Waals surface area contributed by atoms with Gasteiger partial charge in [0.15, 0.2) is 0 Å². The zero-order valence-electron chi connectivity index (χ0n) is 11.8. The summed E-state index contributed by atoms with van der Waals surface area (Å²) in [6.45, 7) is 4.13. The Kier molecular flexibility index (Phi) is 6.36. The number of halogens is 1. The van der Waals surface area contributed by atoms with Crippen LogP contribution >= 0.6 is 34.7 Å². The third-order valence-corrected chi connectivity index (χ3v) is 5.37. The molecule has 1 aromatic heterocycles. The highest BCUT2D eigenvalue weighted by Crippen LogP contribution is 2.26. The first-order chi connectivity index (χ1) is 9.65. The van der Waals surface area contributed by atoms with Crippen LogP contribution in [-0.4, -0.2) is 29.2 Å². The SMILES string of the molecule is Cc1ncc(CN(C)CCCSc2ccccc2Cl)s1. The molecule has 0 aliphatic rings. The van der Waals surface area contributed by atoms with E-state index >= 15 is 0 Å². The van der Waals surface area contributed by atoms with Gasteiger partial charge in [0.2, 0.25) is 0 Å². The lowest BCUT2D eigenvalue weighted by Gasteiger charge is -2.15. The number of rotatable bonds is 7. The second kappa shape index (κ2) is 8.03. The smallest absolute Gasteiger partial charge is 0.0897 e. The van der Waals surface area contributed by atoms with Gasteiger partial charge in [0.25, 0.3) is 0 Å². The molecule has 0 fully saturated rings. The van der Waals surface area contributed by atoms with Gasteiger partial charge in [-0.2, -0.15) is 0 Å². The number of thiazole rings is 1. The third kappa shape index (κ3) is 5.09. The fraction of sp³-hybridized carbons (Fsp3) is 0.400. The summed E-state index contributed by atoms with van der Waals surface area (Å²) >= 11 is 9.75. The van der Waals surface area contributed by atoms with E-state index in [0.29, 0.717) is 0 Å². The first kappa shape index (κ1) is 15.8. The van der Waals surface area contributed by atoms with Crippen molar-refractivity contribution >= 4 is 34.7 Å². The van der Waals surface area contributed by atoms with Gasteiger partial charge in [-0.05, 0) is 44.8 Å². The number of hydrogen-bond donors (Lipinski definition) is 0. The molecule has 0 aliphatic carbocycles. The van der Waals surface area contributed by atoms with Crippen LogP contribution in [-0.2, 0) is 6.54 Å². The highest BCUT2D eigenvalue weighted by Gasteiger charge is 2.04. The zero-order chi connectivity index (χ0) is 14.4. The molecule has 0 spiro atoms. The molecule has 2 aromatic rings. The van der Waals surface area contributed by atoms with E-state index in [1.54, 1.807) is 11.3 Å². The Morgan fingerprint density at radius 3 is 2.85 bits per heavy atom. The second-order valence-electron chi connectivity index (χ2n) is 4.72. The molecule has 0 radical (unpaired) electrons. The number of nitrogens with zero attached hydrogens (tertiary/aromatic N) is 2. The lowest BCUT2D eigenvalue weighted by atomic mass is 10.4. The summed E-state index contributed by atoms with van der Waals surface area (Å²) in [4.78, 5) is 9.15. The minimum atomic E-state index is 0.853. The Morgan fingerprint density at radius 1 is 1.35 bits per heavy atom. The van der Waals surface area contributed by atoms with Gasteiger partial charge >= 0.3 is 0 Å². The topological polar surface area (TPSA) is 16.1 Å². The summed E-state index contributed by atoms with van der Waals surface area (Å²) in [5, 5.41) is 1.99. The van der Waals surface area contributed by atoms with Crippen molar-refractivity contribution in [3.63, 3.8) is 0 Å². The van der Waals surface area contributed by atoms with Crippen molar-refractivity contribution in [1.82, 2.24) is 9.88 Å². The summed E-state index contributed by atoms with van der Waals surface area (Å²) in [7, 11) is 2.16. The number of benzene rings is 1. The molecule has 20 heavy (non-hydrogen) atoms. The van der Waals surface area contributed by atoms with E-state index in [1.165, 1.54) is 9.77 Å². The Balaban J connectivity index is 1.67. The first-order valence-electron chi connectivity index (χ1n) is 6.62. The molecule has 0 aliphatic heterocycles. The normalized spacial score (nSPS) is 11.2. The first-order valence-corrected chi connectivity index (χ1v) is 8.80. The summed E-state index contributed by atoms with van der Waals surface area (Å²) in [5.41, 5.74) is 0. The number of aryl methyl sites for hydroxylation is 1. The molecule has 1 heterocycles. The van der Waals surface area contributed by atoms with Gasteiger partial charge in [0, 0.05) is 22.5 Å². The van der Waals surface area contributed by atoms with Gasteiger partial charge in [-0.15, -0.1) is 23.1 Å². The van der Waals surface area contributed by atoms with Gasteiger partial charge in [0.1, 0.15) is 0 Å². The van der Waals surface area contributed by atoms with Gasteiger partial charge in [-0.25, -0.2) is 4.98 Å². The molecule has 0 amide bonds. The van der Waals surface area contributed by atoms with E-state index in [0.717, 1.165) is 35.3 Å². The quantitative estimate of drug-likeness (QED) is 0.541. The fourth-order valence-corrected chi connectivity index (χ4v) is 3.95. The van der Waals surface area contributed by atoms with E-state index in [1.807, 2.05) is 36.2 Å². The maximum absolute atomic E-state index is 6.14. The molecular weight excluding hydrogens is 308 g/mol. The Morgan fingerprint density at radius 2 is 2.15 bits per heavy atom. The number of thioether (sulfide) groups is 1. The van der Waals surface area contributed by atoms with Gasteiger partial charge < -0.3 is 4.90 Å². The van der Waals surface area contributed by atoms with Crippen LogP contribution in [0.5, 0.6) is 0 Å². The standard InChI is InChI=1S/C15H19ClN2S2/c1-12-17-10-13(20-12)11-18(2)8-5-9-19-15-7-4-3-6-14(15)16/h3-4,6-7,10H,5,8-9,11H2,1-2H3. The molecule has 0 saturated carbocycles. The van der Waals surface area contributed by atoms with Crippen molar-refractivity contribution in [2.45, 2.75) is 24.8 Å². The van der Waals surface area contributed by atoms with Gasteiger partial charge in [-0.1, -0.05) is 23.7 Å². The van der Waals surface area contributed by atoms with Crippen LogP contribution in [0.1, 0.15) is 16.3 Å². The van der Waals surface area contributed by atoms with Crippen molar-refractivity contribution in [2.75, 3.05) is 19.3 Å². The fourth-order valence-electron chi connectivity index (χ4n) is 1.90. The van der Waals surface area contributed by atoms with Crippen molar-refractivity contribution in [3.05, 3.63) is 45.4 Å². The Labute approximate surface area is 134 Å². The van der Waals surface area contributed by atoms with Crippen LogP contribution in [0.3, 0.4) is 0 Å². The van der Waals surface area contributed by atoms with Crippen LogP contribution in [0.25, 0.3) is 0 Å². The zero-order valence-corrected chi connectivity index (χ0v) is 14.2. The minimum absolute atomic E-state index is 0.853. The van der Waals surface area contributed by atoms with Crippen molar-refractivity contribution in [3.8, 4) is 0 Å². The predicted molar refractivity (Wildman–Crippen MR) is 90.0 cm³/mol. The molecule has 2 rings (SSSR count). The maximum Gasteiger partial charge on any atom is 0.0897 e. The summed E-state index contributed by atoms with van der Waals surface area (Å²) in [6, 6.07) is 8.03. The molecule has 0 saturated heterocycles. The number of aromatic nitrogens is 1. The third-order valence-electron chi connectivity index (χ3n) is 2.87. The molecular formula is C15H19ClN2S2. The molecule has 5 heteroatoms. The van der Waals surface area contributed by atoms with Crippen molar-refractivity contribution in [1.29, 1.82) is 0 Å². The molecule has 0 atom stereocenters. The van der Waals surface area contributed by atoms with Crippen LogP contribution in [0.4, 0.5) is 0 Å². The van der Waals surface area contributed by atoms with E-state index in [-0.39, 0.29) is 0 Å². The summed E-state index contributed by atoms with van der Waals surface area (Å²) in [6.07, 6.45) is 3.14.